The predicted octanol–water partition coefficient (Wildman–Crippen LogP) is 16.4. The van der Waals surface area contributed by atoms with Gasteiger partial charge < -0.3 is 18.9 Å². The Balaban J connectivity index is 4.16. The summed E-state index contributed by atoms with van der Waals surface area (Å²) in [6.45, 7) is 4.32. The summed E-state index contributed by atoms with van der Waals surface area (Å²) in [5, 5.41) is 0. The second-order valence-corrected chi connectivity index (χ2v) is 20.7. The minimum atomic E-state index is -4.38. The molecule has 0 amide bonds. The molecule has 384 valence electrons. The van der Waals surface area contributed by atoms with E-state index in [1.165, 1.54) is 116 Å². The zero-order valence-corrected chi connectivity index (χ0v) is 44.3. The molecule has 0 aliphatic heterocycles. The van der Waals surface area contributed by atoms with Gasteiger partial charge in [-0.1, -0.05) is 203 Å². The smallest absolute Gasteiger partial charge is 0.462 e. The monoisotopic (exact) mass is 949 g/mol. The van der Waals surface area contributed by atoms with Gasteiger partial charge in [0.1, 0.15) is 19.8 Å². The highest BCUT2D eigenvalue weighted by Gasteiger charge is 2.27. The third kappa shape index (κ3) is 51.1. The molecule has 0 aliphatic rings. The lowest BCUT2D eigenvalue weighted by Gasteiger charge is -2.24. The van der Waals surface area contributed by atoms with Crippen LogP contribution in [0.25, 0.3) is 0 Å². The van der Waals surface area contributed by atoms with E-state index in [-0.39, 0.29) is 32.0 Å². The predicted molar refractivity (Wildman–Crippen MR) is 279 cm³/mol. The first-order valence-electron chi connectivity index (χ1n) is 27.0. The number of likely N-dealkylation sites (N-methyl/N-ethyl adjacent to an activating group) is 1. The van der Waals surface area contributed by atoms with Gasteiger partial charge in [0.25, 0.3) is 0 Å². The Hall–Kier alpha value is -2.29. The molecular formula is C56H103NO8P+. The molecular weight excluding hydrogens is 846 g/mol. The fourth-order valence-corrected chi connectivity index (χ4v) is 8.10. The number of esters is 2. The van der Waals surface area contributed by atoms with E-state index in [2.05, 4.69) is 74.6 Å². The molecule has 0 radical (unpaired) electrons. The molecule has 2 unspecified atom stereocenters. The summed E-state index contributed by atoms with van der Waals surface area (Å²) in [7, 11) is 1.47. The first kappa shape index (κ1) is 63.7. The fraction of sp³-hybridized carbons (Fsp3) is 0.786. The minimum absolute atomic E-state index is 0.0294. The number of allylic oxidation sites excluding steroid dienone is 10. The Morgan fingerprint density at radius 2 is 0.864 bits per heavy atom. The lowest BCUT2D eigenvalue weighted by molar-refractivity contribution is -0.870. The molecule has 10 heteroatoms. The van der Waals surface area contributed by atoms with Crippen molar-refractivity contribution < 1.29 is 42.1 Å². The van der Waals surface area contributed by atoms with Gasteiger partial charge in [-0.3, -0.25) is 18.6 Å². The van der Waals surface area contributed by atoms with Gasteiger partial charge in [0, 0.05) is 12.8 Å². The second kappa shape index (κ2) is 47.8. The van der Waals surface area contributed by atoms with Crippen LogP contribution in [-0.4, -0.2) is 74.9 Å². The first-order chi connectivity index (χ1) is 32.0. The summed E-state index contributed by atoms with van der Waals surface area (Å²) in [4.78, 5) is 35.6. The summed E-state index contributed by atoms with van der Waals surface area (Å²) in [5.74, 6) is -0.804. The topological polar surface area (TPSA) is 108 Å². The number of rotatable bonds is 49. The Kier molecular flexibility index (Phi) is 46.1. The molecule has 0 rings (SSSR count). The maximum Gasteiger partial charge on any atom is 0.472 e. The van der Waals surface area contributed by atoms with E-state index in [1.807, 2.05) is 21.1 Å². The summed E-state index contributed by atoms with van der Waals surface area (Å²) in [6.07, 6.45) is 59.9. The number of phosphoric ester groups is 1. The molecule has 0 heterocycles. The van der Waals surface area contributed by atoms with Gasteiger partial charge in [0.15, 0.2) is 6.10 Å². The van der Waals surface area contributed by atoms with Crippen LogP contribution in [0, 0.1) is 0 Å². The van der Waals surface area contributed by atoms with Crippen LogP contribution in [-0.2, 0) is 32.7 Å². The van der Waals surface area contributed by atoms with E-state index in [1.54, 1.807) is 0 Å². The number of hydrogen-bond acceptors (Lipinski definition) is 7. The minimum Gasteiger partial charge on any atom is -0.462 e. The van der Waals surface area contributed by atoms with E-state index in [4.69, 9.17) is 18.5 Å². The van der Waals surface area contributed by atoms with Gasteiger partial charge >= 0.3 is 19.8 Å². The highest BCUT2D eigenvalue weighted by molar-refractivity contribution is 7.47. The average molecular weight is 949 g/mol. The maximum absolute atomic E-state index is 12.8. The number of unbranched alkanes of at least 4 members (excludes halogenated alkanes) is 25. The van der Waals surface area contributed by atoms with Crippen molar-refractivity contribution in [1.82, 2.24) is 0 Å². The van der Waals surface area contributed by atoms with Gasteiger partial charge in [-0.25, -0.2) is 4.57 Å². The lowest BCUT2D eigenvalue weighted by atomic mass is 10.0. The van der Waals surface area contributed by atoms with Crippen LogP contribution < -0.4 is 0 Å². The number of ether oxygens (including phenoxy) is 2. The average Bonchev–Trinajstić information content (AvgIpc) is 3.27. The number of carbonyl (C=O) groups is 2. The van der Waals surface area contributed by atoms with Gasteiger partial charge in [-0.15, -0.1) is 0 Å². The number of hydrogen-bond donors (Lipinski definition) is 1. The molecule has 0 aromatic carbocycles. The van der Waals surface area contributed by atoms with E-state index >= 15 is 0 Å². The van der Waals surface area contributed by atoms with Crippen LogP contribution in [0.4, 0.5) is 0 Å². The fourth-order valence-electron chi connectivity index (χ4n) is 7.35. The molecule has 0 fully saturated rings. The SMILES string of the molecule is CC/C=C\C/C=C\C/C=C\C/C=C\CCCCCCCCCCCCCCCCC(=O)OC(COC(=O)CCCCCCC/C=C\CCCCCCCC)COP(=O)(O)OCC[N+](C)(C)C. The molecule has 2 atom stereocenters. The zero-order chi connectivity index (χ0) is 48.5. The summed E-state index contributed by atoms with van der Waals surface area (Å²) in [6, 6.07) is 0. The van der Waals surface area contributed by atoms with Crippen LogP contribution in [0.3, 0.4) is 0 Å². The van der Waals surface area contributed by atoms with Crippen LogP contribution >= 0.6 is 7.82 Å². The quantitative estimate of drug-likeness (QED) is 0.0211. The van der Waals surface area contributed by atoms with Crippen LogP contribution in [0.2, 0.25) is 0 Å². The molecule has 66 heavy (non-hydrogen) atoms. The van der Waals surface area contributed by atoms with Crippen molar-refractivity contribution in [3.63, 3.8) is 0 Å². The van der Waals surface area contributed by atoms with E-state index in [0.717, 1.165) is 83.5 Å². The number of quaternary nitrogens is 1. The summed E-state index contributed by atoms with van der Waals surface area (Å²) < 4.78 is 34.5. The van der Waals surface area contributed by atoms with E-state index in [0.29, 0.717) is 17.4 Å². The first-order valence-corrected chi connectivity index (χ1v) is 28.5. The molecule has 1 N–H and O–H groups in total. The third-order valence-corrected chi connectivity index (χ3v) is 12.5. The van der Waals surface area contributed by atoms with E-state index in [9.17, 15) is 19.0 Å². The largest absolute Gasteiger partial charge is 0.472 e. The molecule has 0 aromatic rings. The zero-order valence-electron chi connectivity index (χ0n) is 43.4. The third-order valence-electron chi connectivity index (χ3n) is 11.5. The molecule has 0 bridgehead atoms. The van der Waals surface area contributed by atoms with Gasteiger partial charge in [0.05, 0.1) is 27.7 Å². The van der Waals surface area contributed by atoms with Crippen molar-refractivity contribution in [2.45, 2.75) is 238 Å². The number of nitrogens with zero attached hydrogens (tertiary/aromatic N) is 1. The van der Waals surface area contributed by atoms with Gasteiger partial charge in [0.2, 0.25) is 0 Å². The highest BCUT2D eigenvalue weighted by Crippen LogP contribution is 2.43. The molecule has 0 aliphatic carbocycles. The maximum atomic E-state index is 12.8. The van der Waals surface area contributed by atoms with Gasteiger partial charge in [-0.2, -0.15) is 0 Å². The molecule has 9 nitrogen and oxygen atoms in total. The van der Waals surface area contributed by atoms with Crippen molar-refractivity contribution in [3.05, 3.63) is 60.8 Å². The standard InChI is InChI=1S/C56H102NO8P/c1-6-8-10-12-14-16-18-20-22-23-24-25-26-27-28-29-30-31-32-33-35-37-39-41-43-45-47-49-56(59)65-54(53-64-66(60,61)63-51-50-57(3,4)5)52-62-55(58)48-46-44-42-40-38-36-34-21-19-17-15-13-11-9-7-2/h8,10,14,16,20-22,24-25,34,54H,6-7,9,11-13,15,17-19,23,26-33,35-53H2,1-5H3/p+1/b10-8-,16-14-,22-20-,25-24-,34-21-. The lowest BCUT2D eigenvalue weighted by Crippen LogP contribution is -2.37. The van der Waals surface area contributed by atoms with Crippen molar-refractivity contribution in [3.8, 4) is 0 Å². The van der Waals surface area contributed by atoms with Crippen LogP contribution in [0.15, 0.2) is 60.8 Å². The Morgan fingerprint density at radius 3 is 1.30 bits per heavy atom. The Labute approximate surface area is 406 Å². The number of phosphoric acid groups is 1. The van der Waals surface area contributed by atoms with Crippen LogP contribution in [0.5, 0.6) is 0 Å². The molecule has 0 saturated carbocycles. The normalized spacial score (nSPS) is 13.8. The van der Waals surface area contributed by atoms with Crippen molar-refractivity contribution in [2.24, 2.45) is 0 Å². The number of carbonyl (C=O) groups excluding carboxylic acids is 2. The van der Waals surface area contributed by atoms with Crippen molar-refractivity contribution >= 4 is 19.8 Å². The molecule has 0 saturated heterocycles. The molecule has 0 spiro atoms. The van der Waals surface area contributed by atoms with Crippen molar-refractivity contribution in [1.29, 1.82) is 0 Å². The highest BCUT2D eigenvalue weighted by atomic mass is 31.2. The second-order valence-electron chi connectivity index (χ2n) is 19.2. The summed E-state index contributed by atoms with van der Waals surface area (Å²) >= 11 is 0. The van der Waals surface area contributed by atoms with Gasteiger partial charge in [-0.05, 0) is 77.0 Å². The molecule has 0 aromatic heterocycles. The summed E-state index contributed by atoms with van der Waals surface area (Å²) in [5.41, 5.74) is 0. The van der Waals surface area contributed by atoms with E-state index < -0.39 is 26.5 Å². The van der Waals surface area contributed by atoms with Crippen molar-refractivity contribution in [2.75, 3.05) is 47.5 Å². The van der Waals surface area contributed by atoms with Crippen LogP contribution in [0.1, 0.15) is 232 Å². The Bertz CT molecular complexity index is 1300. The Morgan fingerprint density at radius 1 is 0.485 bits per heavy atom.